The number of nitrogens with zero attached hydrogens (tertiary/aromatic N) is 1. The Balaban J connectivity index is 1.79. The summed E-state index contributed by atoms with van der Waals surface area (Å²) >= 11 is 6.10. The Morgan fingerprint density at radius 1 is 1.29 bits per heavy atom. The number of halogens is 1. The zero-order valence-corrected chi connectivity index (χ0v) is 17.9. The zero-order valence-electron chi connectivity index (χ0n) is 17.2. The number of ketones is 1. The van der Waals surface area contributed by atoms with E-state index in [4.69, 9.17) is 21.1 Å². The summed E-state index contributed by atoms with van der Waals surface area (Å²) in [4.78, 5) is 50.3. The van der Waals surface area contributed by atoms with E-state index in [0.29, 0.717) is 22.6 Å². The van der Waals surface area contributed by atoms with Crippen LogP contribution in [0, 0.1) is 0 Å². The standard InChI is InChI=1S/C22H23ClN2O6/c1-3-14-12-25(22(29)24-21(14)28)20-11-19(30-13(2)26)18(31-20)9-8-16(27)10-15-6-4-5-7-17(15)23/h4-9,12,18-20H,3,10-11H2,1-2H3,(H,24,28,29)/b9-8+/t18-,19+,20-/m1/s1. The van der Waals surface area contributed by atoms with Crippen LogP contribution in [0.4, 0.5) is 0 Å². The molecule has 0 spiro atoms. The molecule has 9 heteroatoms. The molecule has 1 fully saturated rings. The molecule has 1 aliphatic heterocycles. The molecule has 0 amide bonds. The van der Waals surface area contributed by atoms with E-state index in [0.717, 1.165) is 0 Å². The number of hydrogen-bond acceptors (Lipinski definition) is 6. The minimum Gasteiger partial charge on any atom is -0.459 e. The van der Waals surface area contributed by atoms with Crippen molar-refractivity contribution in [2.45, 2.75) is 51.5 Å². The average molecular weight is 447 g/mol. The van der Waals surface area contributed by atoms with E-state index in [2.05, 4.69) is 4.98 Å². The van der Waals surface area contributed by atoms with Gasteiger partial charge in [0.25, 0.3) is 5.56 Å². The fourth-order valence-corrected chi connectivity index (χ4v) is 3.62. The largest absolute Gasteiger partial charge is 0.459 e. The first-order chi connectivity index (χ1) is 14.8. The van der Waals surface area contributed by atoms with Crippen molar-refractivity contribution in [2.24, 2.45) is 0 Å². The first kappa shape index (κ1) is 22.7. The lowest BCUT2D eigenvalue weighted by Gasteiger charge is -2.15. The fraction of sp³-hybridized carbons (Fsp3) is 0.364. The molecule has 1 aromatic heterocycles. The third-order valence-corrected chi connectivity index (χ3v) is 5.33. The van der Waals surface area contributed by atoms with Crippen molar-refractivity contribution < 1.29 is 19.1 Å². The van der Waals surface area contributed by atoms with Crippen LogP contribution in [-0.4, -0.2) is 33.5 Å². The third-order valence-electron chi connectivity index (χ3n) is 4.96. The predicted octanol–water partition coefficient (Wildman–Crippen LogP) is 2.34. The van der Waals surface area contributed by atoms with Gasteiger partial charge in [0.1, 0.15) is 18.4 Å². The van der Waals surface area contributed by atoms with E-state index in [-0.39, 0.29) is 18.6 Å². The van der Waals surface area contributed by atoms with E-state index < -0.39 is 35.7 Å². The highest BCUT2D eigenvalue weighted by atomic mass is 35.5. The topological polar surface area (TPSA) is 107 Å². The summed E-state index contributed by atoms with van der Waals surface area (Å²) in [7, 11) is 0. The molecule has 8 nitrogen and oxygen atoms in total. The maximum atomic E-state index is 12.4. The number of esters is 1. The molecule has 3 atom stereocenters. The van der Waals surface area contributed by atoms with Gasteiger partial charge in [0.05, 0.1) is 0 Å². The van der Waals surface area contributed by atoms with E-state index in [9.17, 15) is 19.2 Å². The molecule has 2 heterocycles. The van der Waals surface area contributed by atoms with Gasteiger partial charge >= 0.3 is 11.7 Å². The molecule has 1 aliphatic rings. The normalized spacial score (nSPS) is 20.8. The summed E-state index contributed by atoms with van der Waals surface area (Å²) in [6, 6.07) is 7.06. The lowest BCUT2D eigenvalue weighted by Crippen LogP contribution is -2.34. The zero-order chi connectivity index (χ0) is 22.5. The van der Waals surface area contributed by atoms with Crippen LogP contribution in [0.1, 0.15) is 37.6 Å². The molecule has 0 saturated carbocycles. The second-order valence-electron chi connectivity index (χ2n) is 7.21. The van der Waals surface area contributed by atoms with Crippen molar-refractivity contribution in [2.75, 3.05) is 0 Å². The van der Waals surface area contributed by atoms with Crippen LogP contribution in [0.5, 0.6) is 0 Å². The highest BCUT2D eigenvalue weighted by Gasteiger charge is 2.37. The monoisotopic (exact) mass is 446 g/mol. The van der Waals surface area contributed by atoms with Gasteiger partial charge in [0.2, 0.25) is 0 Å². The number of hydrogen-bond donors (Lipinski definition) is 1. The molecule has 1 N–H and O–H groups in total. The first-order valence-electron chi connectivity index (χ1n) is 9.90. The van der Waals surface area contributed by atoms with Crippen LogP contribution < -0.4 is 11.2 Å². The summed E-state index contributed by atoms with van der Waals surface area (Å²) in [5.74, 6) is -0.700. The quantitative estimate of drug-likeness (QED) is 0.516. The number of aryl methyl sites for hydroxylation is 1. The van der Waals surface area contributed by atoms with E-state index in [1.807, 2.05) is 0 Å². The lowest BCUT2D eigenvalue weighted by molar-refractivity contribution is -0.147. The highest BCUT2D eigenvalue weighted by Crippen LogP contribution is 2.31. The Labute approximate surface area is 183 Å². The maximum Gasteiger partial charge on any atom is 0.330 e. The fourth-order valence-electron chi connectivity index (χ4n) is 3.42. The van der Waals surface area contributed by atoms with Crippen LogP contribution in [0.15, 0.2) is 52.2 Å². The van der Waals surface area contributed by atoms with Gasteiger partial charge < -0.3 is 9.47 Å². The van der Waals surface area contributed by atoms with Crippen LogP contribution in [0.2, 0.25) is 5.02 Å². The summed E-state index contributed by atoms with van der Waals surface area (Å²) in [6.07, 6.45) is 2.91. The number of nitrogens with one attached hydrogen (secondary N) is 1. The molecular weight excluding hydrogens is 424 g/mol. The number of aromatic nitrogens is 2. The summed E-state index contributed by atoms with van der Waals surface area (Å²) < 4.78 is 12.5. The molecule has 0 radical (unpaired) electrons. The molecular formula is C22H23ClN2O6. The number of ether oxygens (including phenoxy) is 2. The van der Waals surface area contributed by atoms with Gasteiger partial charge in [-0.2, -0.15) is 0 Å². The Morgan fingerprint density at radius 3 is 2.71 bits per heavy atom. The van der Waals surface area contributed by atoms with Crippen LogP contribution in [0.3, 0.4) is 0 Å². The molecule has 0 bridgehead atoms. The highest BCUT2D eigenvalue weighted by molar-refractivity contribution is 6.31. The first-order valence-corrected chi connectivity index (χ1v) is 10.3. The van der Waals surface area contributed by atoms with Crippen molar-refractivity contribution in [3.05, 3.63) is 79.6 Å². The number of aromatic amines is 1. The van der Waals surface area contributed by atoms with Crippen LogP contribution in [-0.2, 0) is 31.9 Å². The second-order valence-corrected chi connectivity index (χ2v) is 7.61. The van der Waals surface area contributed by atoms with Crippen molar-refractivity contribution in [3.63, 3.8) is 0 Å². The van der Waals surface area contributed by atoms with Gasteiger partial charge in [-0.15, -0.1) is 0 Å². The molecule has 31 heavy (non-hydrogen) atoms. The maximum absolute atomic E-state index is 12.4. The molecule has 164 valence electrons. The van der Waals surface area contributed by atoms with Gasteiger partial charge in [-0.25, -0.2) is 4.79 Å². The van der Waals surface area contributed by atoms with Crippen molar-refractivity contribution in [1.29, 1.82) is 0 Å². The number of carbonyl (C=O) groups is 2. The van der Waals surface area contributed by atoms with Gasteiger partial charge in [-0.1, -0.05) is 36.7 Å². The average Bonchev–Trinajstić information content (AvgIpc) is 3.10. The third kappa shape index (κ3) is 5.59. The van der Waals surface area contributed by atoms with E-state index >= 15 is 0 Å². The van der Waals surface area contributed by atoms with Gasteiger partial charge in [0.15, 0.2) is 5.78 Å². The smallest absolute Gasteiger partial charge is 0.330 e. The molecule has 0 unspecified atom stereocenters. The van der Waals surface area contributed by atoms with Crippen molar-refractivity contribution in [3.8, 4) is 0 Å². The predicted molar refractivity (Wildman–Crippen MR) is 114 cm³/mol. The number of benzene rings is 1. The minimum absolute atomic E-state index is 0.115. The van der Waals surface area contributed by atoms with Crippen molar-refractivity contribution in [1.82, 2.24) is 9.55 Å². The van der Waals surface area contributed by atoms with Gasteiger partial charge in [-0.05, 0) is 30.2 Å². The Bertz CT molecular complexity index is 1120. The minimum atomic E-state index is -0.757. The number of H-pyrrole nitrogens is 1. The van der Waals surface area contributed by atoms with Crippen molar-refractivity contribution >= 4 is 23.4 Å². The van der Waals surface area contributed by atoms with E-state index in [1.165, 1.54) is 29.8 Å². The van der Waals surface area contributed by atoms with Crippen LogP contribution in [0.25, 0.3) is 0 Å². The van der Waals surface area contributed by atoms with Crippen LogP contribution >= 0.6 is 11.6 Å². The van der Waals surface area contributed by atoms with Gasteiger partial charge in [0, 0.05) is 36.5 Å². The molecule has 2 aromatic rings. The molecule has 1 saturated heterocycles. The number of rotatable bonds is 7. The molecule has 3 rings (SSSR count). The van der Waals surface area contributed by atoms with E-state index in [1.54, 1.807) is 31.2 Å². The molecule has 0 aliphatic carbocycles. The molecule has 1 aromatic carbocycles. The SMILES string of the molecule is CCc1cn([C@H]2C[C@H](OC(C)=O)[C@@H](/C=C/C(=O)Cc3ccccc3Cl)O2)c(=O)[nH]c1=O. The second kappa shape index (κ2) is 9.89. The Morgan fingerprint density at radius 2 is 2.03 bits per heavy atom. The Kier molecular flexibility index (Phi) is 7.25. The number of allylic oxidation sites excluding steroid dienone is 1. The van der Waals surface area contributed by atoms with Gasteiger partial charge in [-0.3, -0.25) is 23.9 Å². The lowest BCUT2D eigenvalue weighted by atomic mass is 10.1. The number of carbonyl (C=O) groups excluding carboxylic acids is 2. The Hall–Kier alpha value is -2.97. The summed E-state index contributed by atoms with van der Waals surface area (Å²) in [5, 5.41) is 0.503. The summed E-state index contributed by atoms with van der Waals surface area (Å²) in [6.45, 7) is 3.07. The summed E-state index contributed by atoms with van der Waals surface area (Å²) in [5.41, 5.74) is 0.0710.